The van der Waals surface area contributed by atoms with Gasteiger partial charge in [-0.1, -0.05) is 45.0 Å². The maximum Gasteiger partial charge on any atom is 0.453 e. The highest BCUT2D eigenvalue weighted by molar-refractivity contribution is 5.98. The largest absolute Gasteiger partial charge is 0.457 e. The predicted molar refractivity (Wildman–Crippen MR) is 114 cm³/mol. The van der Waals surface area contributed by atoms with Crippen LogP contribution in [0.4, 0.5) is 13.2 Å². The van der Waals surface area contributed by atoms with E-state index in [4.69, 9.17) is 4.74 Å². The van der Waals surface area contributed by atoms with E-state index in [1.165, 1.54) is 0 Å². The first-order valence-electron chi connectivity index (χ1n) is 10.4. The van der Waals surface area contributed by atoms with Crippen molar-refractivity contribution in [3.8, 4) is 0 Å². The molecule has 0 aliphatic heterocycles. The molecule has 0 saturated heterocycles. The lowest BCUT2D eigenvalue weighted by Gasteiger charge is -2.18. The first-order valence-corrected chi connectivity index (χ1v) is 10.4. The van der Waals surface area contributed by atoms with Crippen molar-refractivity contribution in [2.75, 3.05) is 6.61 Å². The summed E-state index contributed by atoms with van der Waals surface area (Å²) in [7, 11) is 0. The molecule has 0 spiro atoms. The quantitative estimate of drug-likeness (QED) is 0.398. The van der Waals surface area contributed by atoms with Crippen LogP contribution in [0.5, 0.6) is 0 Å². The molecule has 2 aromatic heterocycles. The Morgan fingerprint density at radius 1 is 1.03 bits per heavy atom. The van der Waals surface area contributed by atoms with Crippen molar-refractivity contribution < 1.29 is 27.5 Å². The van der Waals surface area contributed by atoms with Crippen LogP contribution in [0.2, 0.25) is 0 Å². The lowest BCUT2D eigenvalue weighted by Crippen LogP contribution is -2.16. The number of ketones is 1. The van der Waals surface area contributed by atoms with Crippen LogP contribution < -0.4 is 0 Å². The second-order valence-corrected chi connectivity index (χ2v) is 8.82. The zero-order chi connectivity index (χ0) is 24.6. The Morgan fingerprint density at radius 3 is 2.24 bits per heavy atom. The van der Waals surface area contributed by atoms with E-state index in [1.807, 2.05) is 12.1 Å². The van der Waals surface area contributed by atoms with E-state index < -0.39 is 18.0 Å². The van der Waals surface area contributed by atoms with Crippen molar-refractivity contribution in [2.45, 2.75) is 59.1 Å². The first kappa shape index (κ1) is 24.3. The molecular weight excluding hydrogens is 437 g/mol. The summed E-state index contributed by atoms with van der Waals surface area (Å²) >= 11 is 0. The van der Waals surface area contributed by atoms with E-state index in [1.54, 1.807) is 26.0 Å². The lowest BCUT2D eigenvalue weighted by molar-refractivity contribution is -0.145. The van der Waals surface area contributed by atoms with Crippen LogP contribution in [0.15, 0.2) is 24.3 Å². The van der Waals surface area contributed by atoms with Crippen molar-refractivity contribution in [3.05, 3.63) is 58.2 Å². The molecular formula is C23H25F3N4O3. The van der Waals surface area contributed by atoms with Crippen LogP contribution in [0, 0.1) is 13.8 Å². The van der Waals surface area contributed by atoms with Crippen LogP contribution in [0.3, 0.4) is 0 Å². The number of alkyl halides is 3. The molecule has 10 heteroatoms. The Bertz CT molecular complexity index is 1190. The second kappa shape index (κ2) is 8.92. The molecule has 3 rings (SSSR count). The van der Waals surface area contributed by atoms with Gasteiger partial charge in [0.25, 0.3) is 11.6 Å². The highest BCUT2D eigenvalue weighted by Gasteiger charge is 2.37. The van der Waals surface area contributed by atoms with E-state index in [0.29, 0.717) is 22.5 Å². The number of Topliss-reactive ketones (excluding diaryl/α,β-unsaturated/α-hetero) is 1. The number of carbonyl (C=O) groups is 2. The average Bonchev–Trinajstić information content (AvgIpc) is 3.16. The summed E-state index contributed by atoms with van der Waals surface area (Å²) in [6, 6.07) is 7.16. The molecule has 176 valence electrons. The van der Waals surface area contributed by atoms with Crippen molar-refractivity contribution in [1.82, 2.24) is 19.6 Å². The third kappa shape index (κ3) is 5.55. The summed E-state index contributed by atoms with van der Waals surface area (Å²) < 4.78 is 44.8. The average molecular weight is 462 g/mol. The number of esters is 1. The van der Waals surface area contributed by atoms with Crippen LogP contribution in [0.25, 0.3) is 5.78 Å². The fourth-order valence-electron chi connectivity index (χ4n) is 3.37. The number of ether oxygens (including phenoxy) is 1. The van der Waals surface area contributed by atoms with Crippen LogP contribution >= 0.6 is 0 Å². The van der Waals surface area contributed by atoms with Gasteiger partial charge < -0.3 is 4.74 Å². The molecule has 0 atom stereocenters. The van der Waals surface area contributed by atoms with Crippen molar-refractivity contribution in [3.63, 3.8) is 0 Å². The van der Waals surface area contributed by atoms with Crippen molar-refractivity contribution in [2.24, 2.45) is 0 Å². The number of aromatic nitrogens is 4. The molecule has 33 heavy (non-hydrogen) atoms. The highest BCUT2D eigenvalue weighted by atomic mass is 19.4. The number of halogens is 3. The summed E-state index contributed by atoms with van der Waals surface area (Å²) in [6.45, 7) is 9.03. The number of benzene rings is 1. The van der Waals surface area contributed by atoms with Gasteiger partial charge in [-0.3, -0.25) is 9.59 Å². The molecule has 3 aromatic rings. The fourth-order valence-corrected chi connectivity index (χ4v) is 3.37. The van der Waals surface area contributed by atoms with Gasteiger partial charge in [-0.25, -0.2) is 9.50 Å². The summed E-state index contributed by atoms with van der Waals surface area (Å²) in [5.41, 5.74) is 2.92. The normalized spacial score (nSPS) is 12.2. The molecule has 0 bridgehead atoms. The Balaban J connectivity index is 1.62. The van der Waals surface area contributed by atoms with E-state index in [9.17, 15) is 22.8 Å². The van der Waals surface area contributed by atoms with Gasteiger partial charge in [0, 0.05) is 23.4 Å². The van der Waals surface area contributed by atoms with E-state index in [2.05, 4.69) is 35.8 Å². The van der Waals surface area contributed by atoms with E-state index in [0.717, 1.165) is 10.1 Å². The van der Waals surface area contributed by atoms with Gasteiger partial charge in [0.1, 0.15) is 0 Å². The third-order valence-electron chi connectivity index (χ3n) is 5.32. The number of carbonyl (C=O) groups excluding carboxylic acids is 2. The van der Waals surface area contributed by atoms with Gasteiger partial charge in [-0.05, 0) is 36.8 Å². The molecule has 0 aliphatic carbocycles. The second-order valence-electron chi connectivity index (χ2n) is 8.82. The van der Waals surface area contributed by atoms with Gasteiger partial charge in [-0.2, -0.15) is 18.2 Å². The molecule has 0 aliphatic rings. The molecule has 0 unspecified atom stereocenters. The molecule has 0 N–H and O–H groups in total. The zero-order valence-electron chi connectivity index (χ0n) is 19.1. The predicted octanol–water partition coefficient (Wildman–Crippen LogP) is 4.42. The Hall–Kier alpha value is -3.30. The van der Waals surface area contributed by atoms with Crippen LogP contribution in [-0.2, 0) is 27.5 Å². The Morgan fingerprint density at radius 2 is 1.67 bits per heavy atom. The zero-order valence-corrected chi connectivity index (χ0v) is 19.1. The van der Waals surface area contributed by atoms with Gasteiger partial charge in [0.2, 0.25) is 0 Å². The van der Waals surface area contributed by atoms with E-state index in [-0.39, 0.29) is 36.4 Å². The molecule has 0 radical (unpaired) electrons. The smallest absolute Gasteiger partial charge is 0.453 e. The molecule has 1 aromatic carbocycles. The lowest BCUT2D eigenvalue weighted by atomic mass is 9.86. The number of hydrogen-bond donors (Lipinski definition) is 0. The number of hydrogen-bond acceptors (Lipinski definition) is 6. The summed E-state index contributed by atoms with van der Waals surface area (Å²) in [4.78, 5) is 32.0. The number of fused-ring (bicyclic) bond motifs is 1. The SMILES string of the molecule is Cc1nc2nc(C(F)(F)F)nn2c(C)c1CCC(=O)OCC(=O)c1ccc(C(C)(C)C)cc1. The molecule has 0 fully saturated rings. The fraction of sp³-hybridized carbons (Fsp3) is 0.435. The van der Waals surface area contributed by atoms with Gasteiger partial charge >= 0.3 is 12.1 Å². The number of nitrogens with zero attached hydrogens (tertiary/aromatic N) is 4. The minimum absolute atomic E-state index is 0.0390. The van der Waals surface area contributed by atoms with Crippen molar-refractivity contribution >= 4 is 17.5 Å². The summed E-state index contributed by atoms with van der Waals surface area (Å²) in [6.07, 6.45) is -4.57. The maximum absolute atomic E-state index is 12.9. The minimum Gasteiger partial charge on any atom is -0.457 e. The highest BCUT2D eigenvalue weighted by Crippen LogP contribution is 2.27. The molecule has 0 saturated carbocycles. The summed E-state index contributed by atoms with van der Waals surface area (Å²) in [5.74, 6) is -2.35. The minimum atomic E-state index is -4.68. The van der Waals surface area contributed by atoms with Gasteiger partial charge in [0.05, 0.1) is 0 Å². The van der Waals surface area contributed by atoms with Crippen LogP contribution in [0.1, 0.15) is 65.9 Å². The van der Waals surface area contributed by atoms with E-state index >= 15 is 0 Å². The Labute approximate surface area is 189 Å². The molecule has 0 amide bonds. The Kier molecular flexibility index (Phi) is 6.58. The number of rotatable bonds is 6. The molecule has 7 nitrogen and oxygen atoms in total. The van der Waals surface area contributed by atoms with Gasteiger partial charge in [-0.15, -0.1) is 5.10 Å². The topological polar surface area (TPSA) is 86.4 Å². The van der Waals surface area contributed by atoms with Crippen LogP contribution in [-0.4, -0.2) is 37.9 Å². The molecule has 2 heterocycles. The monoisotopic (exact) mass is 462 g/mol. The van der Waals surface area contributed by atoms with Crippen molar-refractivity contribution in [1.29, 1.82) is 0 Å². The maximum atomic E-state index is 12.9. The summed E-state index contributed by atoms with van der Waals surface area (Å²) in [5, 5.41) is 3.48. The number of aryl methyl sites for hydroxylation is 2. The third-order valence-corrected chi connectivity index (χ3v) is 5.32. The van der Waals surface area contributed by atoms with Gasteiger partial charge in [0.15, 0.2) is 12.4 Å². The standard InChI is InChI=1S/C23H25F3N4O3/c1-13-17(14(2)30-21(27-13)28-20(29-30)23(24,25)26)10-11-19(32)33-12-18(31)15-6-8-16(9-7-15)22(3,4)5/h6-9H,10-12H2,1-5H3. The first-order chi connectivity index (χ1) is 15.3.